The van der Waals surface area contributed by atoms with Gasteiger partial charge >= 0.3 is 5.97 Å². The summed E-state index contributed by atoms with van der Waals surface area (Å²) < 4.78 is 5.86. The fourth-order valence-electron chi connectivity index (χ4n) is 2.10. The summed E-state index contributed by atoms with van der Waals surface area (Å²) in [5.74, 6) is -0.368. The molecule has 0 radical (unpaired) electrons. The molecule has 16 heavy (non-hydrogen) atoms. The number of aromatic carboxylic acids is 1. The number of benzene rings is 1. The Hall–Kier alpha value is -1.51. The van der Waals surface area contributed by atoms with Gasteiger partial charge in [-0.3, -0.25) is 0 Å². The number of carbonyl (C=O) groups is 1. The zero-order chi connectivity index (χ0) is 11.8. The molecule has 2 rings (SSSR count). The molecule has 1 N–H and O–H groups in total. The third-order valence-electron chi connectivity index (χ3n) is 2.93. The van der Waals surface area contributed by atoms with E-state index in [0.717, 1.165) is 24.8 Å². The molecule has 0 spiro atoms. The molecule has 0 unspecified atom stereocenters. The number of carboxylic acid groups (broad SMARTS) is 1. The Bertz CT molecular complexity index is 421. The van der Waals surface area contributed by atoms with Gasteiger partial charge in [0.15, 0.2) is 0 Å². The number of rotatable bonds is 1. The van der Waals surface area contributed by atoms with E-state index in [1.165, 1.54) is 0 Å². The minimum absolute atomic E-state index is 0.271. The molecule has 86 valence electrons. The third kappa shape index (κ3) is 2.03. The van der Waals surface area contributed by atoms with Crippen molar-refractivity contribution in [2.75, 3.05) is 0 Å². The van der Waals surface area contributed by atoms with Gasteiger partial charge < -0.3 is 9.84 Å². The Morgan fingerprint density at radius 3 is 2.88 bits per heavy atom. The van der Waals surface area contributed by atoms with Gasteiger partial charge in [-0.25, -0.2) is 4.79 Å². The summed E-state index contributed by atoms with van der Waals surface area (Å²) in [6.45, 7) is 4.00. The van der Waals surface area contributed by atoms with Crippen LogP contribution in [-0.4, -0.2) is 16.7 Å². The molecule has 1 aromatic rings. The lowest BCUT2D eigenvalue weighted by atomic mass is 10.0. The van der Waals surface area contributed by atoms with Gasteiger partial charge in [0.25, 0.3) is 0 Å². The maximum Gasteiger partial charge on any atom is 0.339 e. The Labute approximate surface area is 95.0 Å². The van der Waals surface area contributed by atoms with Crippen LogP contribution in [0.1, 0.15) is 42.6 Å². The van der Waals surface area contributed by atoms with Gasteiger partial charge in [-0.15, -0.1) is 0 Å². The Kier molecular flexibility index (Phi) is 2.62. The average molecular weight is 220 g/mol. The van der Waals surface area contributed by atoms with Crippen LogP contribution in [0.4, 0.5) is 0 Å². The van der Waals surface area contributed by atoms with Gasteiger partial charge in [0, 0.05) is 0 Å². The van der Waals surface area contributed by atoms with Crippen LogP contribution in [0, 0.1) is 0 Å². The number of hydrogen-bond acceptors (Lipinski definition) is 2. The predicted molar refractivity (Wildman–Crippen MR) is 61.0 cm³/mol. The number of carboxylic acids is 1. The molecule has 0 amide bonds. The summed E-state index contributed by atoms with van der Waals surface area (Å²) in [4.78, 5) is 11.1. The molecule has 0 atom stereocenters. The van der Waals surface area contributed by atoms with Crippen LogP contribution in [0.5, 0.6) is 5.75 Å². The van der Waals surface area contributed by atoms with Crippen LogP contribution in [0.15, 0.2) is 18.2 Å². The molecule has 0 aliphatic carbocycles. The number of para-hydroxylation sites is 1. The predicted octanol–water partition coefficient (Wildman–Crippen LogP) is 2.88. The second-order valence-electron chi connectivity index (χ2n) is 4.81. The smallest absolute Gasteiger partial charge is 0.339 e. The summed E-state index contributed by atoms with van der Waals surface area (Å²) in [5, 5.41) is 9.12. The van der Waals surface area contributed by atoms with E-state index >= 15 is 0 Å². The molecular weight excluding hydrogens is 204 g/mol. The van der Waals surface area contributed by atoms with E-state index in [-0.39, 0.29) is 11.2 Å². The topological polar surface area (TPSA) is 46.5 Å². The van der Waals surface area contributed by atoms with Crippen LogP contribution in [0.25, 0.3) is 0 Å². The number of aryl methyl sites for hydroxylation is 1. The maximum atomic E-state index is 11.1. The van der Waals surface area contributed by atoms with Crippen molar-refractivity contribution in [2.45, 2.75) is 38.7 Å². The van der Waals surface area contributed by atoms with Gasteiger partial charge in [0.05, 0.1) is 0 Å². The van der Waals surface area contributed by atoms with Gasteiger partial charge in [-0.05, 0) is 44.7 Å². The first-order valence-corrected chi connectivity index (χ1v) is 5.54. The molecule has 0 aromatic heterocycles. The van der Waals surface area contributed by atoms with Gasteiger partial charge in [0.1, 0.15) is 16.9 Å². The maximum absolute atomic E-state index is 11.1. The minimum Gasteiger partial charge on any atom is -0.487 e. The molecule has 1 heterocycles. The quantitative estimate of drug-likeness (QED) is 0.791. The van der Waals surface area contributed by atoms with E-state index in [9.17, 15) is 4.79 Å². The lowest BCUT2D eigenvalue weighted by Gasteiger charge is -2.25. The Morgan fingerprint density at radius 1 is 1.44 bits per heavy atom. The molecule has 1 aliphatic rings. The zero-order valence-electron chi connectivity index (χ0n) is 9.62. The molecule has 1 aliphatic heterocycles. The SMILES string of the molecule is CC1(C)CCCc2cccc(C(=O)O)c2O1. The zero-order valence-corrected chi connectivity index (χ0v) is 9.62. The van der Waals surface area contributed by atoms with Crippen LogP contribution in [0.2, 0.25) is 0 Å². The standard InChI is InChI=1S/C13H16O3/c1-13(2)8-4-6-9-5-3-7-10(12(14)15)11(9)16-13/h3,5,7H,4,6,8H2,1-2H3,(H,14,15). The van der Waals surface area contributed by atoms with Crippen molar-refractivity contribution in [2.24, 2.45) is 0 Å². The van der Waals surface area contributed by atoms with Gasteiger partial charge in [-0.1, -0.05) is 12.1 Å². The van der Waals surface area contributed by atoms with E-state index in [4.69, 9.17) is 9.84 Å². The van der Waals surface area contributed by atoms with Crippen molar-refractivity contribution < 1.29 is 14.6 Å². The highest BCUT2D eigenvalue weighted by atomic mass is 16.5. The minimum atomic E-state index is -0.922. The van der Waals surface area contributed by atoms with Crippen molar-refractivity contribution in [3.8, 4) is 5.75 Å². The molecular formula is C13H16O3. The number of fused-ring (bicyclic) bond motifs is 1. The van der Waals surface area contributed by atoms with Gasteiger partial charge in [0.2, 0.25) is 0 Å². The molecule has 0 saturated carbocycles. The Balaban J connectivity index is 2.51. The van der Waals surface area contributed by atoms with Crippen LogP contribution < -0.4 is 4.74 Å². The summed E-state index contributed by atoms with van der Waals surface area (Å²) >= 11 is 0. The van der Waals surface area contributed by atoms with Crippen molar-refractivity contribution in [3.63, 3.8) is 0 Å². The highest BCUT2D eigenvalue weighted by Crippen LogP contribution is 2.34. The molecule has 1 aromatic carbocycles. The summed E-state index contributed by atoms with van der Waals surface area (Å²) in [6, 6.07) is 5.33. The lowest BCUT2D eigenvalue weighted by Crippen LogP contribution is -2.27. The van der Waals surface area contributed by atoms with Crippen molar-refractivity contribution >= 4 is 5.97 Å². The molecule has 3 heteroatoms. The summed E-state index contributed by atoms with van der Waals surface area (Å²) in [6.07, 6.45) is 2.86. The second-order valence-corrected chi connectivity index (χ2v) is 4.81. The first-order chi connectivity index (χ1) is 7.49. The first-order valence-electron chi connectivity index (χ1n) is 5.54. The molecule has 0 bridgehead atoms. The molecule has 0 saturated heterocycles. The fourth-order valence-corrected chi connectivity index (χ4v) is 2.10. The molecule has 3 nitrogen and oxygen atoms in total. The Morgan fingerprint density at radius 2 is 2.19 bits per heavy atom. The summed E-state index contributed by atoms with van der Waals surface area (Å²) in [5.41, 5.74) is 0.995. The highest BCUT2D eigenvalue weighted by Gasteiger charge is 2.27. The van der Waals surface area contributed by atoms with Crippen molar-refractivity contribution in [1.82, 2.24) is 0 Å². The average Bonchev–Trinajstić information content (AvgIpc) is 2.33. The largest absolute Gasteiger partial charge is 0.487 e. The monoisotopic (exact) mass is 220 g/mol. The van der Waals surface area contributed by atoms with E-state index in [0.29, 0.717) is 5.75 Å². The summed E-state index contributed by atoms with van der Waals surface area (Å²) in [7, 11) is 0. The van der Waals surface area contributed by atoms with E-state index in [2.05, 4.69) is 0 Å². The van der Waals surface area contributed by atoms with E-state index in [1.54, 1.807) is 12.1 Å². The van der Waals surface area contributed by atoms with E-state index < -0.39 is 5.97 Å². The normalized spacial score (nSPS) is 18.1. The first kappa shape index (κ1) is 11.0. The van der Waals surface area contributed by atoms with Gasteiger partial charge in [-0.2, -0.15) is 0 Å². The fraction of sp³-hybridized carbons (Fsp3) is 0.462. The number of ether oxygens (including phenoxy) is 1. The van der Waals surface area contributed by atoms with Crippen molar-refractivity contribution in [3.05, 3.63) is 29.3 Å². The molecule has 0 fully saturated rings. The van der Waals surface area contributed by atoms with Crippen LogP contribution >= 0.6 is 0 Å². The van der Waals surface area contributed by atoms with Crippen molar-refractivity contribution in [1.29, 1.82) is 0 Å². The second kappa shape index (κ2) is 3.81. The van der Waals surface area contributed by atoms with Crippen LogP contribution in [0.3, 0.4) is 0 Å². The van der Waals surface area contributed by atoms with Crippen LogP contribution in [-0.2, 0) is 6.42 Å². The third-order valence-corrected chi connectivity index (χ3v) is 2.93. The number of hydrogen-bond donors (Lipinski definition) is 1. The highest BCUT2D eigenvalue weighted by molar-refractivity contribution is 5.91. The lowest BCUT2D eigenvalue weighted by molar-refractivity contribution is 0.0672. The van der Waals surface area contributed by atoms with E-state index in [1.807, 2.05) is 19.9 Å².